The molecule has 2 aliphatic rings. The molecular formula is C21H26N2O2S. The SMILES string of the molecule is O=c1c2ccccc2nc(SC2CCOCC2)n1CCC1=CCCCC1. The number of benzene rings is 1. The van der Waals surface area contributed by atoms with Crippen molar-refractivity contribution in [1.29, 1.82) is 0 Å². The average Bonchev–Trinajstić information content (AvgIpc) is 2.69. The van der Waals surface area contributed by atoms with Crippen molar-refractivity contribution in [2.45, 2.75) is 61.9 Å². The number of aromatic nitrogens is 2. The number of rotatable bonds is 5. The van der Waals surface area contributed by atoms with Crippen molar-refractivity contribution in [3.05, 3.63) is 46.3 Å². The van der Waals surface area contributed by atoms with Gasteiger partial charge in [-0.2, -0.15) is 0 Å². The Morgan fingerprint density at radius 1 is 1.19 bits per heavy atom. The maximum Gasteiger partial charge on any atom is 0.262 e. The van der Waals surface area contributed by atoms with Crippen LogP contribution in [0.4, 0.5) is 0 Å². The van der Waals surface area contributed by atoms with Gasteiger partial charge in [-0.15, -0.1) is 0 Å². The highest BCUT2D eigenvalue weighted by molar-refractivity contribution is 7.99. The Morgan fingerprint density at radius 3 is 2.85 bits per heavy atom. The third kappa shape index (κ3) is 4.04. The predicted octanol–water partition coefficient (Wildman–Crippen LogP) is 4.56. The Labute approximate surface area is 158 Å². The van der Waals surface area contributed by atoms with Crippen LogP contribution < -0.4 is 5.56 Å². The highest BCUT2D eigenvalue weighted by Crippen LogP contribution is 2.29. The van der Waals surface area contributed by atoms with Crippen LogP contribution in [-0.2, 0) is 11.3 Å². The molecule has 0 bridgehead atoms. The van der Waals surface area contributed by atoms with Gasteiger partial charge in [0.1, 0.15) is 0 Å². The minimum Gasteiger partial charge on any atom is -0.381 e. The fraction of sp³-hybridized carbons (Fsp3) is 0.524. The number of fused-ring (bicyclic) bond motifs is 1. The first-order valence-corrected chi connectivity index (χ1v) is 10.6. The molecule has 0 N–H and O–H groups in total. The molecule has 1 aromatic heterocycles. The molecule has 1 aliphatic heterocycles. The fourth-order valence-electron chi connectivity index (χ4n) is 3.76. The minimum atomic E-state index is 0.0987. The molecule has 2 heterocycles. The van der Waals surface area contributed by atoms with Gasteiger partial charge in [-0.1, -0.05) is 35.5 Å². The molecule has 26 heavy (non-hydrogen) atoms. The lowest BCUT2D eigenvalue weighted by Crippen LogP contribution is -2.26. The summed E-state index contributed by atoms with van der Waals surface area (Å²) < 4.78 is 7.39. The molecule has 5 heteroatoms. The van der Waals surface area contributed by atoms with Crippen molar-refractivity contribution >= 4 is 22.7 Å². The maximum atomic E-state index is 13.1. The maximum absolute atomic E-state index is 13.1. The fourth-order valence-corrected chi connectivity index (χ4v) is 4.94. The molecule has 138 valence electrons. The molecule has 0 amide bonds. The zero-order valence-electron chi connectivity index (χ0n) is 15.2. The van der Waals surface area contributed by atoms with E-state index in [0.29, 0.717) is 5.25 Å². The summed E-state index contributed by atoms with van der Waals surface area (Å²) in [7, 11) is 0. The molecule has 0 unspecified atom stereocenters. The van der Waals surface area contributed by atoms with Crippen LogP contribution in [0.5, 0.6) is 0 Å². The third-order valence-corrected chi connectivity index (χ3v) is 6.64. The zero-order chi connectivity index (χ0) is 17.8. The Bertz CT molecular complexity index is 853. The van der Waals surface area contributed by atoms with E-state index >= 15 is 0 Å². The smallest absolute Gasteiger partial charge is 0.262 e. The van der Waals surface area contributed by atoms with Crippen LogP contribution in [-0.4, -0.2) is 28.0 Å². The number of nitrogens with zero attached hydrogens (tertiary/aromatic N) is 2. The van der Waals surface area contributed by atoms with Crippen molar-refractivity contribution in [2.24, 2.45) is 0 Å². The molecular weight excluding hydrogens is 344 g/mol. The van der Waals surface area contributed by atoms with E-state index < -0.39 is 0 Å². The zero-order valence-corrected chi connectivity index (χ0v) is 16.0. The Hall–Kier alpha value is -1.59. The average molecular weight is 371 g/mol. The molecule has 0 spiro atoms. The van der Waals surface area contributed by atoms with Crippen molar-refractivity contribution < 1.29 is 4.74 Å². The van der Waals surface area contributed by atoms with Crippen molar-refractivity contribution in [3.8, 4) is 0 Å². The number of ether oxygens (including phenoxy) is 1. The largest absolute Gasteiger partial charge is 0.381 e. The van der Waals surface area contributed by atoms with E-state index in [-0.39, 0.29) is 5.56 Å². The number of para-hydroxylation sites is 1. The molecule has 0 radical (unpaired) electrons. The van der Waals surface area contributed by atoms with Crippen LogP contribution in [0.3, 0.4) is 0 Å². The Balaban J connectivity index is 1.65. The summed E-state index contributed by atoms with van der Waals surface area (Å²) >= 11 is 1.76. The number of allylic oxidation sites excluding steroid dienone is 2. The van der Waals surface area contributed by atoms with E-state index in [0.717, 1.165) is 55.1 Å². The van der Waals surface area contributed by atoms with Crippen molar-refractivity contribution in [3.63, 3.8) is 0 Å². The Kier molecular flexibility index (Phi) is 5.75. The molecule has 0 saturated carbocycles. The number of hydrogen-bond acceptors (Lipinski definition) is 4. The number of thioether (sulfide) groups is 1. The second-order valence-electron chi connectivity index (χ2n) is 7.16. The van der Waals surface area contributed by atoms with E-state index in [9.17, 15) is 4.79 Å². The standard InChI is InChI=1S/C21H26N2O2S/c24-20-18-8-4-5-9-19(18)22-21(26-17-11-14-25-15-12-17)23(20)13-10-16-6-2-1-3-7-16/h4-6,8-9,17H,1-3,7,10-15H2. The molecule has 2 aromatic rings. The van der Waals surface area contributed by atoms with E-state index in [1.165, 1.54) is 31.3 Å². The molecule has 1 fully saturated rings. The summed E-state index contributed by atoms with van der Waals surface area (Å²) in [5.74, 6) is 0. The highest BCUT2D eigenvalue weighted by atomic mass is 32.2. The van der Waals surface area contributed by atoms with Crippen LogP contribution >= 0.6 is 11.8 Å². The van der Waals surface area contributed by atoms with Gasteiger partial charge in [0.2, 0.25) is 0 Å². The van der Waals surface area contributed by atoms with E-state index in [1.54, 1.807) is 11.8 Å². The van der Waals surface area contributed by atoms with Gasteiger partial charge in [-0.05, 0) is 57.1 Å². The molecule has 0 atom stereocenters. The topological polar surface area (TPSA) is 44.1 Å². The quantitative estimate of drug-likeness (QED) is 0.572. The predicted molar refractivity (Wildman–Crippen MR) is 107 cm³/mol. The van der Waals surface area contributed by atoms with Gasteiger partial charge in [-0.3, -0.25) is 9.36 Å². The van der Waals surface area contributed by atoms with Crippen LogP contribution in [0.1, 0.15) is 44.9 Å². The van der Waals surface area contributed by atoms with Crippen LogP contribution in [0.2, 0.25) is 0 Å². The summed E-state index contributed by atoms with van der Waals surface area (Å²) in [4.78, 5) is 18.0. The monoisotopic (exact) mass is 370 g/mol. The lowest BCUT2D eigenvalue weighted by Gasteiger charge is -2.23. The Morgan fingerprint density at radius 2 is 2.04 bits per heavy atom. The van der Waals surface area contributed by atoms with Gasteiger partial charge < -0.3 is 4.74 Å². The summed E-state index contributed by atoms with van der Waals surface area (Å²) in [6, 6.07) is 7.71. The second kappa shape index (κ2) is 8.40. The van der Waals surface area contributed by atoms with E-state index in [4.69, 9.17) is 9.72 Å². The van der Waals surface area contributed by atoms with Crippen LogP contribution in [0.25, 0.3) is 10.9 Å². The molecule has 1 saturated heterocycles. The first kappa shape index (κ1) is 17.8. The molecule has 4 rings (SSSR count). The lowest BCUT2D eigenvalue weighted by atomic mass is 9.97. The van der Waals surface area contributed by atoms with Gasteiger partial charge in [0.15, 0.2) is 5.16 Å². The van der Waals surface area contributed by atoms with Gasteiger partial charge >= 0.3 is 0 Å². The van der Waals surface area contributed by atoms with Gasteiger partial charge in [0.25, 0.3) is 5.56 Å². The summed E-state index contributed by atoms with van der Waals surface area (Å²) in [5, 5.41) is 2.08. The van der Waals surface area contributed by atoms with Crippen molar-refractivity contribution in [1.82, 2.24) is 9.55 Å². The number of hydrogen-bond donors (Lipinski definition) is 0. The molecule has 1 aliphatic carbocycles. The normalized spacial score (nSPS) is 18.8. The summed E-state index contributed by atoms with van der Waals surface area (Å²) in [5.41, 5.74) is 2.40. The molecule has 4 nitrogen and oxygen atoms in total. The third-order valence-electron chi connectivity index (χ3n) is 5.31. The summed E-state index contributed by atoms with van der Waals surface area (Å²) in [6.45, 7) is 2.35. The van der Waals surface area contributed by atoms with E-state index in [1.807, 2.05) is 28.8 Å². The van der Waals surface area contributed by atoms with Crippen LogP contribution in [0, 0.1) is 0 Å². The van der Waals surface area contributed by atoms with Gasteiger partial charge in [-0.25, -0.2) is 4.98 Å². The van der Waals surface area contributed by atoms with E-state index in [2.05, 4.69) is 6.08 Å². The minimum absolute atomic E-state index is 0.0987. The summed E-state index contributed by atoms with van der Waals surface area (Å²) in [6.07, 6.45) is 10.3. The first-order chi connectivity index (χ1) is 12.8. The highest BCUT2D eigenvalue weighted by Gasteiger charge is 2.20. The second-order valence-corrected chi connectivity index (χ2v) is 8.42. The first-order valence-electron chi connectivity index (χ1n) is 9.73. The van der Waals surface area contributed by atoms with Crippen LogP contribution in [0.15, 0.2) is 45.9 Å². The molecule has 1 aromatic carbocycles. The van der Waals surface area contributed by atoms with Crippen molar-refractivity contribution in [2.75, 3.05) is 13.2 Å². The lowest BCUT2D eigenvalue weighted by molar-refractivity contribution is 0.0999. The van der Waals surface area contributed by atoms with Gasteiger partial charge in [0, 0.05) is 25.0 Å². The van der Waals surface area contributed by atoms with Gasteiger partial charge in [0.05, 0.1) is 10.9 Å².